The predicted octanol–water partition coefficient (Wildman–Crippen LogP) is 2.10. The van der Waals surface area contributed by atoms with E-state index in [1.807, 2.05) is 0 Å². The summed E-state index contributed by atoms with van der Waals surface area (Å²) in [5.41, 5.74) is 1.05. The van der Waals surface area contributed by atoms with Gasteiger partial charge < -0.3 is 9.88 Å². The first kappa shape index (κ1) is 12.5. The fourth-order valence-corrected chi connectivity index (χ4v) is 1.92. The van der Waals surface area contributed by atoms with E-state index in [1.165, 1.54) is 4.57 Å². The fraction of sp³-hybridized carbons (Fsp3) is 0.0833. The van der Waals surface area contributed by atoms with Crippen molar-refractivity contribution in [3.63, 3.8) is 0 Å². The minimum Gasteiger partial charge on any atom is -0.336 e. The van der Waals surface area contributed by atoms with Crippen LogP contribution in [0.1, 0.15) is 10.4 Å². The van der Waals surface area contributed by atoms with E-state index in [2.05, 4.69) is 26.2 Å². The lowest BCUT2D eigenvalue weighted by molar-refractivity contribution is 0.112. The molecule has 0 saturated heterocycles. The Bertz CT molecular complexity index is 635. The van der Waals surface area contributed by atoms with E-state index in [0.717, 1.165) is 6.29 Å². The standard InChI is InChI=1S/C12H10BrN3O2/c1-16-6-10(13)15-11(12(16)18)14-9-4-2-8(7-17)3-5-9/h2-7H,1H3,(H,14,15). The van der Waals surface area contributed by atoms with Crippen molar-refractivity contribution in [2.45, 2.75) is 0 Å². The first-order valence-corrected chi connectivity index (χ1v) is 5.95. The summed E-state index contributed by atoms with van der Waals surface area (Å²) in [7, 11) is 1.65. The first-order valence-electron chi connectivity index (χ1n) is 5.15. The van der Waals surface area contributed by atoms with Gasteiger partial charge in [-0.2, -0.15) is 0 Å². The average Bonchev–Trinajstić information content (AvgIpc) is 2.36. The van der Waals surface area contributed by atoms with Crippen LogP contribution in [0, 0.1) is 0 Å². The van der Waals surface area contributed by atoms with Crippen LogP contribution in [0.15, 0.2) is 39.9 Å². The van der Waals surface area contributed by atoms with E-state index in [-0.39, 0.29) is 11.4 Å². The minimum atomic E-state index is -0.224. The van der Waals surface area contributed by atoms with Crippen LogP contribution >= 0.6 is 15.9 Å². The highest BCUT2D eigenvalue weighted by atomic mass is 79.9. The molecule has 1 aromatic carbocycles. The third-order valence-corrected chi connectivity index (χ3v) is 2.73. The van der Waals surface area contributed by atoms with Crippen LogP contribution in [0.5, 0.6) is 0 Å². The summed E-state index contributed by atoms with van der Waals surface area (Å²) in [5.74, 6) is 0.228. The average molecular weight is 308 g/mol. The number of hydrogen-bond acceptors (Lipinski definition) is 4. The lowest BCUT2D eigenvalue weighted by atomic mass is 10.2. The summed E-state index contributed by atoms with van der Waals surface area (Å²) in [6.45, 7) is 0. The van der Waals surface area contributed by atoms with Gasteiger partial charge in [-0.1, -0.05) is 0 Å². The Labute approximate surface area is 112 Å². The van der Waals surface area contributed by atoms with Gasteiger partial charge in [0.25, 0.3) is 5.56 Å². The Balaban J connectivity index is 2.33. The van der Waals surface area contributed by atoms with Crippen molar-refractivity contribution < 1.29 is 4.79 Å². The van der Waals surface area contributed by atoms with E-state index in [4.69, 9.17) is 0 Å². The van der Waals surface area contributed by atoms with Crippen LogP contribution in [0.4, 0.5) is 11.5 Å². The largest absolute Gasteiger partial charge is 0.336 e. The number of nitrogens with zero attached hydrogens (tertiary/aromatic N) is 2. The summed E-state index contributed by atoms with van der Waals surface area (Å²) in [4.78, 5) is 26.4. The molecule has 1 heterocycles. The summed E-state index contributed by atoms with van der Waals surface area (Å²) in [6.07, 6.45) is 2.35. The Morgan fingerprint density at radius 2 is 2.00 bits per heavy atom. The SMILES string of the molecule is Cn1cc(Br)nc(Nc2ccc(C=O)cc2)c1=O. The molecule has 5 nitrogen and oxygen atoms in total. The molecule has 6 heteroatoms. The van der Waals surface area contributed by atoms with Gasteiger partial charge in [-0.15, -0.1) is 0 Å². The van der Waals surface area contributed by atoms with Crippen molar-refractivity contribution in [1.82, 2.24) is 9.55 Å². The molecule has 1 aromatic heterocycles. The number of aldehydes is 1. The Kier molecular flexibility index (Phi) is 3.57. The molecule has 0 spiro atoms. The highest BCUT2D eigenvalue weighted by molar-refractivity contribution is 9.10. The number of carbonyl (C=O) groups excluding carboxylic acids is 1. The molecular weight excluding hydrogens is 298 g/mol. The van der Waals surface area contributed by atoms with Crippen LogP contribution in [0.2, 0.25) is 0 Å². The van der Waals surface area contributed by atoms with E-state index in [1.54, 1.807) is 37.5 Å². The van der Waals surface area contributed by atoms with Gasteiger partial charge in [0.15, 0.2) is 5.82 Å². The van der Waals surface area contributed by atoms with Gasteiger partial charge in [-0.25, -0.2) is 4.98 Å². The molecule has 92 valence electrons. The summed E-state index contributed by atoms with van der Waals surface area (Å²) in [6, 6.07) is 6.76. The van der Waals surface area contributed by atoms with E-state index in [0.29, 0.717) is 15.9 Å². The van der Waals surface area contributed by atoms with E-state index >= 15 is 0 Å². The quantitative estimate of drug-likeness (QED) is 0.882. The highest BCUT2D eigenvalue weighted by Crippen LogP contribution is 2.14. The van der Waals surface area contributed by atoms with Crippen molar-refractivity contribution in [1.29, 1.82) is 0 Å². The van der Waals surface area contributed by atoms with E-state index in [9.17, 15) is 9.59 Å². The molecule has 0 radical (unpaired) electrons. The molecule has 18 heavy (non-hydrogen) atoms. The molecule has 2 aromatic rings. The molecule has 0 bridgehead atoms. The van der Waals surface area contributed by atoms with Crippen molar-refractivity contribution in [3.05, 3.63) is 51.0 Å². The van der Waals surface area contributed by atoms with Crippen LogP contribution in [-0.4, -0.2) is 15.8 Å². The van der Waals surface area contributed by atoms with Crippen LogP contribution in [0.3, 0.4) is 0 Å². The second-order valence-electron chi connectivity index (χ2n) is 3.69. The second-order valence-corrected chi connectivity index (χ2v) is 4.51. The molecule has 0 saturated carbocycles. The van der Waals surface area contributed by atoms with E-state index < -0.39 is 0 Å². The third kappa shape index (κ3) is 2.65. The number of rotatable bonds is 3. The van der Waals surface area contributed by atoms with Crippen molar-refractivity contribution in [3.8, 4) is 0 Å². The lowest BCUT2D eigenvalue weighted by Crippen LogP contribution is -2.20. The maximum Gasteiger partial charge on any atom is 0.293 e. The zero-order valence-electron chi connectivity index (χ0n) is 9.55. The Morgan fingerprint density at radius 1 is 1.33 bits per heavy atom. The summed E-state index contributed by atoms with van der Waals surface area (Å²) >= 11 is 3.23. The van der Waals surface area contributed by atoms with Crippen LogP contribution < -0.4 is 10.9 Å². The summed E-state index contributed by atoms with van der Waals surface area (Å²) in [5, 5.41) is 2.91. The van der Waals surface area contributed by atoms with Crippen LogP contribution in [0.25, 0.3) is 0 Å². The van der Waals surface area contributed by atoms with Gasteiger partial charge in [-0.05, 0) is 40.2 Å². The zero-order valence-corrected chi connectivity index (χ0v) is 11.1. The fourth-order valence-electron chi connectivity index (χ4n) is 1.43. The molecule has 0 unspecified atom stereocenters. The summed E-state index contributed by atoms with van der Waals surface area (Å²) < 4.78 is 2.00. The van der Waals surface area contributed by atoms with Gasteiger partial charge in [0.05, 0.1) is 0 Å². The Morgan fingerprint density at radius 3 is 2.61 bits per heavy atom. The monoisotopic (exact) mass is 307 g/mol. The lowest BCUT2D eigenvalue weighted by Gasteiger charge is -2.07. The Hall–Kier alpha value is -1.95. The third-order valence-electron chi connectivity index (χ3n) is 2.35. The van der Waals surface area contributed by atoms with Gasteiger partial charge in [-0.3, -0.25) is 9.59 Å². The van der Waals surface area contributed by atoms with Crippen molar-refractivity contribution in [2.75, 3.05) is 5.32 Å². The molecule has 2 rings (SSSR count). The maximum absolute atomic E-state index is 11.8. The predicted molar refractivity (Wildman–Crippen MR) is 72.3 cm³/mol. The highest BCUT2D eigenvalue weighted by Gasteiger charge is 2.05. The van der Waals surface area contributed by atoms with Gasteiger partial charge in [0.2, 0.25) is 0 Å². The van der Waals surface area contributed by atoms with Gasteiger partial charge in [0, 0.05) is 24.5 Å². The molecular formula is C12H10BrN3O2. The normalized spacial score (nSPS) is 10.1. The minimum absolute atomic E-state index is 0.224. The molecule has 0 fully saturated rings. The molecule has 0 aliphatic heterocycles. The number of aryl methyl sites for hydroxylation is 1. The number of nitrogens with one attached hydrogen (secondary N) is 1. The number of hydrogen-bond donors (Lipinski definition) is 1. The number of halogens is 1. The number of aromatic nitrogens is 2. The van der Waals surface area contributed by atoms with Crippen molar-refractivity contribution in [2.24, 2.45) is 7.05 Å². The molecule has 0 aliphatic carbocycles. The second kappa shape index (κ2) is 5.14. The molecule has 0 atom stereocenters. The number of carbonyl (C=O) groups is 1. The zero-order chi connectivity index (χ0) is 13.1. The number of benzene rings is 1. The molecule has 0 amide bonds. The molecule has 1 N–H and O–H groups in total. The smallest absolute Gasteiger partial charge is 0.293 e. The first-order chi connectivity index (χ1) is 8.60. The van der Waals surface area contributed by atoms with Crippen LogP contribution in [-0.2, 0) is 7.05 Å². The van der Waals surface area contributed by atoms with Gasteiger partial charge >= 0.3 is 0 Å². The van der Waals surface area contributed by atoms with Crippen molar-refractivity contribution >= 4 is 33.7 Å². The maximum atomic E-state index is 11.8. The number of anilines is 2. The topological polar surface area (TPSA) is 64.0 Å². The van der Waals surface area contributed by atoms with Gasteiger partial charge in [0.1, 0.15) is 10.9 Å². The molecule has 0 aliphatic rings.